The van der Waals surface area contributed by atoms with Crippen molar-refractivity contribution in [3.05, 3.63) is 96.7 Å². The van der Waals surface area contributed by atoms with E-state index >= 15 is 0 Å². The molecule has 2 unspecified atom stereocenters. The number of carbonyl (C=O) groups is 1. The van der Waals surface area contributed by atoms with Crippen molar-refractivity contribution in [2.45, 2.75) is 12.3 Å². The van der Waals surface area contributed by atoms with Crippen molar-refractivity contribution in [1.82, 2.24) is 15.0 Å². The summed E-state index contributed by atoms with van der Waals surface area (Å²) in [5, 5.41) is 0. The molecular formula is C22H19N3O. The second kappa shape index (κ2) is 6.56. The van der Waals surface area contributed by atoms with Crippen LogP contribution in [-0.2, 0) is 10.2 Å². The molecule has 3 aromatic rings. The number of nitrogens with zero attached hydrogens (tertiary/aromatic N) is 2. The molecule has 1 aliphatic carbocycles. The topological polar surface area (TPSA) is 58.6 Å². The zero-order valence-corrected chi connectivity index (χ0v) is 14.5. The van der Waals surface area contributed by atoms with E-state index in [1.165, 1.54) is 0 Å². The maximum Gasteiger partial charge on any atom is 0.138 e. The highest BCUT2D eigenvalue weighted by atomic mass is 16.1. The first kappa shape index (κ1) is 16.2. The Morgan fingerprint density at radius 2 is 1.92 bits per heavy atom. The zero-order valence-electron chi connectivity index (χ0n) is 14.5. The standard InChI is InChI=1S/C22H19N3O/c1-16(26)19-11-5-6-12-22(19,18-10-7-13-23-14-18)21-24-15-20(25-21)17-8-3-2-4-9-17/h2-15,19H,1H3,(H,24,25). The van der Waals surface area contributed by atoms with Gasteiger partial charge in [-0.05, 0) is 24.1 Å². The molecule has 4 nitrogen and oxygen atoms in total. The van der Waals surface area contributed by atoms with Crippen LogP contribution < -0.4 is 0 Å². The van der Waals surface area contributed by atoms with E-state index in [1.54, 1.807) is 13.1 Å². The van der Waals surface area contributed by atoms with Crippen LogP contribution in [0.25, 0.3) is 11.3 Å². The van der Waals surface area contributed by atoms with Crippen molar-refractivity contribution in [3.8, 4) is 11.3 Å². The van der Waals surface area contributed by atoms with Gasteiger partial charge in [0.25, 0.3) is 0 Å². The molecule has 0 amide bonds. The van der Waals surface area contributed by atoms with Crippen molar-refractivity contribution in [2.75, 3.05) is 0 Å². The second-order valence-electron chi connectivity index (χ2n) is 6.45. The number of imidazole rings is 1. The highest BCUT2D eigenvalue weighted by Gasteiger charge is 2.44. The first-order chi connectivity index (χ1) is 12.7. The van der Waals surface area contributed by atoms with Crippen LogP contribution in [0.4, 0.5) is 0 Å². The number of carbonyl (C=O) groups excluding carboxylic acids is 1. The largest absolute Gasteiger partial charge is 0.341 e. The normalized spacial score (nSPS) is 21.7. The molecule has 2 atom stereocenters. The number of benzene rings is 1. The first-order valence-electron chi connectivity index (χ1n) is 8.60. The molecule has 0 aliphatic heterocycles. The van der Waals surface area contributed by atoms with Gasteiger partial charge >= 0.3 is 0 Å². The minimum atomic E-state index is -0.693. The lowest BCUT2D eigenvalue weighted by atomic mass is 9.66. The molecule has 0 saturated heterocycles. The van der Waals surface area contributed by atoms with Crippen molar-refractivity contribution in [3.63, 3.8) is 0 Å². The lowest BCUT2D eigenvalue weighted by molar-refractivity contribution is -0.120. The predicted octanol–water partition coefficient (Wildman–Crippen LogP) is 4.09. The average molecular weight is 341 g/mol. The number of hydrogen-bond acceptors (Lipinski definition) is 3. The van der Waals surface area contributed by atoms with Crippen molar-refractivity contribution >= 4 is 5.78 Å². The lowest BCUT2D eigenvalue weighted by Crippen LogP contribution is -2.39. The molecule has 2 heterocycles. The summed E-state index contributed by atoms with van der Waals surface area (Å²) in [5.74, 6) is 0.490. The van der Waals surface area contributed by atoms with Crippen molar-refractivity contribution < 1.29 is 4.79 Å². The van der Waals surface area contributed by atoms with Crippen LogP contribution in [-0.4, -0.2) is 20.7 Å². The van der Waals surface area contributed by atoms with Gasteiger partial charge in [0.05, 0.1) is 23.2 Å². The average Bonchev–Trinajstić information content (AvgIpc) is 3.20. The quantitative estimate of drug-likeness (QED) is 0.777. The van der Waals surface area contributed by atoms with E-state index in [-0.39, 0.29) is 11.7 Å². The Balaban J connectivity index is 1.90. The summed E-state index contributed by atoms with van der Waals surface area (Å²) in [4.78, 5) is 24.9. The van der Waals surface area contributed by atoms with Gasteiger partial charge in [-0.1, -0.05) is 60.7 Å². The minimum absolute atomic E-state index is 0.0899. The fourth-order valence-electron chi connectivity index (χ4n) is 3.64. The predicted molar refractivity (Wildman–Crippen MR) is 101 cm³/mol. The molecule has 0 spiro atoms. The molecule has 1 aliphatic rings. The summed E-state index contributed by atoms with van der Waals surface area (Å²) >= 11 is 0. The summed E-state index contributed by atoms with van der Waals surface area (Å²) in [6, 6.07) is 13.9. The Labute approximate surface area is 152 Å². The number of ketones is 1. The molecule has 4 heteroatoms. The summed E-state index contributed by atoms with van der Waals surface area (Å²) in [6.07, 6.45) is 13.2. The van der Waals surface area contributed by atoms with Crippen LogP contribution in [0.2, 0.25) is 0 Å². The number of aromatic amines is 1. The molecule has 26 heavy (non-hydrogen) atoms. The molecule has 0 radical (unpaired) electrons. The van der Waals surface area contributed by atoms with Gasteiger partial charge in [0.15, 0.2) is 0 Å². The third kappa shape index (κ3) is 2.60. The Kier molecular flexibility index (Phi) is 4.09. The lowest BCUT2D eigenvalue weighted by Gasteiger charge is -2.36. The summed E-state index contributed by atoms with van der Waals surface area (Å²) in [5.41, 5.74) is 2.23. The van der Waals surface area contributed by atoms with Crippen molar-refractivity contribution in [2.24, 2.45) is 5.92 Å². The fourth-order valence-corrected chi connectivity index (χ4v) is 3.64. The monoisotopic (exact) mass is 341 g/mol. The van der Waals surface area contributed by atoms with Crippen molar-refractivity contribution in [1.29, 1.82) is 0 Å². The highest BCUT2D eigenvalue weighted by molar-refractivity contribution is 5.84. The summed E-state index contributed by atoms with van der Waals surface area (Å²) in [7, 11) is 0. The molecule has 1 N–H and O–H groups in total. The van der Waals surface area contributed by atoms with Crippen LogP contribution in [0.5, 0.6) is 0 Å². The number of Topliss-reactive ketones (excluding diaryl/α,β-unsaturated/α-hetero) is 1. The van der Waals surface area contributed by atoms with Gasteiger partial charge in [0, 0.05) is 12.4 Å². The minimum Gasteiger partial charge on any atom is -0.341 e. The van der Waals surface area contributed by atoms with Gasteiger partial charge in [-0.3, -0.25) is 9.78 Å². The van der Waals surface area contributed by atoms with Crippen LogP contribution in [0.3, 0.4) is 0 Å². The van der Waals surface area contributed by atoms with Crippen LogP contribution in [0, 0.1) is 5.92 Å². The fraction of sp³-hybridized carbons (Fsp3) is 0.136. The molecule has 4 rings (SSSR count). The first-order valence-corrected chi connectivity index (χ1v) is 8.60. The maximum atomic E-state index is 12.5. The third-order valence-electron chi connectivity index (χ3n) is 4.89. The number of allylic oxidation sites excluding steroid dienone is 4. The van der Waals surface area contributed by atoms with E-state index in [9.17, 15) is 4.79 Å². The molecule has 1 aromatic carbocycles. The van der Waals surface area contributed by atoms with E-state index in [2.05, 4.69) is 15.0 Å². The Morgan fingerprint density at radius 1 is 1.08 bits per heavy atom. The van der Waals surface area contributed by atoms with E-state index < -0.39 is 5.41 Å². The van der Waals surface area contributed by atoms with E-state index in [1.807, 2.05) is 79.2 Å². The van der Waals surface area contributed by atoms with Gasteiger partial charge in [0.1, 0.15) is 11.6 Å². The zero-order chi connectivity index (χ0) is 18.0. The number of hydrogen-bond donors (Lipinski definition) is 1. The summed E-state index contributed by atoms with van der Waals surface area (Å²) in [6.45, 7) is 1.63. The number of rotatable bonds is 4. The van der Waals surface area contributed by atoms with Crippen LogP contribution in [0.1, 0.15) is 18.3 Å². The van der Waals surface area contributed by atoms with E-state index in [0.717, 1.165) is 22.6 Å². The van der Waals surface area contributed by atoms with Crippen LogP contribution >= 0.6 is 0 Å². The smallest absolute Gasteiger partial charge is 0.138 e. The SMILES string of the molecule is CC(=O)C1C=CC=CC1(c1cccnc1)c1ncc(-c2ccccc2)[nH]1. The van der Waals surface area contributed by atoms with E-state index in [0.29, 0.717) is 0 Å². The number of H-pyrrole nitrogens is 1. The van der Waals surface area contributed by atoms with Gasteiger partial charge in [-0.15, -0.1) is 0 Å². The maximum absolute atomic E-state index is 12.5. The van der Waals surface area contributed by atoms with Crippen LogP contribution in [0.15, 0.2) is 85.4 Å². The second-order valence-corrected chi connectivity index (χ2v) is 6.45. The molecule has 2 aromatic heterocycles. The Morgan fingerprint density at radius 3 is 2.65 bits per heavy atom. The van der Waals surface area contributed by atoms with E-state index in [4.69, 9.17) is 0 Å². The molecule has 128 valence electrons. The highest BCUT2D eigenvalue weighted by Crippen LogP contribution is 2.42. The Bertz CT molecular complexity index is 973. The number of pyridine rings is 1. The molecular weight excluding hydrogens is 322 g/mol. The molecule has 0 fully saturated rings. The number of aromatic nitrogens is 3. The number of nitrogens with one attached hydrogen (secondary N) is 1. The molecule has 0 saturated carbocycles. The van der Waals surface area contributed by atoms with Gasteiger partial charge in [0.2, 0.25) is 0 Å². The summed E-state index contributed by atoms with van der Waals surface area (Å²) < 4.78 is 0. The van der Waals surface area contributed by atoms with Gasteiger partial charge in [-0.25, -0.2) is 4.98 Å². The van der Waals surface area contributed by atoms with Gasteiger partial charge < -0.3 is 4.98 Å². The van der Waals surface area contributed by atoms with Gasteiger partial charge in [-0.2, -0.15) is 0 Å². The third-order valence-corrected chi connectivity index (χ3v) is 4.89. The Hall–Kier alpha value is -3.27. The molecule has 0 bridgehead atoms.